The summed E-state index contributed by atoms with van der Waals surface area (Å²) in [6.07, 6.45) is -5.45. The monoisotopic (exact) mass is 599 g/mol. The van der Waals surface area contributed by atoms with E-state index in [-0.39, 0.29) is 23.4 Å². The fraction of sp³-hybridized carbons (Fsp3) is 0.429. The summed E-state index contributed by atoms with van der Waals surface area (Å²) < 4.78 is 88.2. The maximum atomic E-state index is 14.7. The third kappa shape index (κ3) is 7.09. The number of thiophene rings is 1. The first kappa shape index (κ1) is 30.2. The highest BCUT2D eigenvalue weighted by Gasteiger charge is 2.44. The lowest BCUT2D eigenvalue weighted by molar-refractivity contribution is -0.126. The van der Waals surface area contributed by atoms with E-state index in [0.717, 1.165) is 11.3 Å². The number of halogens is 5. The van der Waals surface area contributed by atoms with Gasteiger partial charge >= 0.3 is 6.18 Å². The number of anilines is 2. The maximum absolute atomic E-state index is 14.7. The average Bonchev–Trinajstić information content (AvgIpc) is 3.19. The Balaban J connectivity index is 1.62. The molecule has 5 nitrogen and oxygen atoms in total. The lowest BCUT2D eigenvalue weighted by atomic mass is 10.0. The maximum Gasteiger partial charge on any atom is 0.393 e. The number of piperidine rings is 1. The highest BCUT2D eigenvalue weighted by molar-refractivity contribution is 7.70. The summed E-state index contributed by atoms with van der Waals surface area (Å²) in [6, 6.07) is 8.77. The molecule has 1 fully saturated rings. The van der Waals surface area contributed by atoms with Gasteiger partial charge in [0, 0.05) is 11.8 Å². The molecule has 0 spiro atoms. The molecule has 0 saturated carbocycles. The van der Waals surface area contributed by atoms with Gasteiger partial charge in [-0.25, -0.2) is 8.78 Å². The second-order valence-corrected chi connectivity index (χ2v) is 14.5. The van der Waals surface area contributed by atoms with E-state index in [4.69, 9.17) is 4.74 Å². The molecule has 216 valence electrons. The normalized spacial score (nSPS) is 17.8. The third-order valence-corrected chi connectivity index (χ3v) is 9.41. The van der Waals surface area contributed by atoms with Crippen LogP contribution in [0.3, 0.4) is 0 Å². The van der Waals surface area contributed by atoms with Gasteiger partial charge in [-0.1, -0.05) is 24.0 Å². The second kappa shape index (κ2) is 11.6. The number of hydrogen-bond acceptors (Lipinski definition) is 6. The summed E-state index contributed by atoms with van der Waals surface area (Å²) in [7, 11) is 0.629. The fourth-order valence-electron chi connectivity index (χ4n) is 4.66. The van der Waals surface area contributed by atoms with Gasteiger partial charge in [-0.05, 0) is 62.0 Å². The minimum atomic E-state index is -4.47. The van der Waals surface area contributed by atoms with Crippen molar-refractivity contribution in [1.82, 2.24) is 4.90 Å². The summed E-state index contributed by atoms with van der Waals surface area (Å²) in [4.78, 5) is 1.79. The van der Waals surface area contributed by atoms with E-state index in [9.17, 15) is 26.5 Å². The third-order valence-electron chi connectivity index (χ3n) is 6.69. The highest BCUT2D eigenvalue weighted by atomic mass is 32.1. The van der Waals surface area contributed by atoms with Crippen molar-refractivity contribution in [2.75, 3.05) is 57.8 Å². The summed E-state index contributed by atoms with van der Waals surface area (Å²) >= 11 is 1.06. The van der Waals surface area contributed by atoms with Gasteiger partial charge in [-0.2, -0.15) is 13.2 Å². The van der Waals surface area contributed by atoms with Crippen molar-refractivity contribution in [2.24, 2.45) is 0 Å². The smallest absolute Gasteiger partial charge is 0.393 e. The number of alkyl halides is 5. The van der Waals surface area contributed by atoms with Crippen LogP contribution in [0, 0.1) is 11.8 Å². The molecule has 0 bridgehead atoms. The molecule has 0 unspecified atom stereocenters. The number of nitrogens with one attached hydrogen (secondary N) is 2. The summed E-state index contributed by atoms with van der Waals surface area (Å²) in [5.74, 6) is 3.23. The van der Waals surface area contributed by atoms with E-state index in [2.05, 4.69) is 22.5 Å². The van der Waals surface area contributed by atoms with Crippen molar-refractivity contribution >= 4 is 45.2 Å². The Morgan fingerprint density at radius 1 is 1.20 bits per heavy atom. The standard InChI is InChI=1S/C28H31F5N3O2PS/c1-36-14-12-25(27(29,30)17-36)35-22-8-5-7-19-20(16-28(31,32)33)24(40-26(19)22)9-6-13-34-21-11-10-18(39(3,4)37)15-23(21)38-2/h5,7-8,10-11,15,25,34-35H,12-14,16-17H2,1-4H3/t25-/m1/s1. The fourth-order valence-corrected chi connectivity index (χ4v) is 6.69. The molecule has 1 aliphatic heterocycles. The van der Waals surface area contributed by atoms with Crippen molar-refractivity contribution in [3.63, 3.8) is 0 Å². The van der Waals surface area contributed by atoms with Gasteiger partial charge in [0.25, 0.3) is 5.92 Å². The van der Waals surface area contributed by atoms with Crippen molar-refractivity contribution < 1.29 is 31.3 Å². The lowest BCUT2D eigenvalue weighted by Gasteiger charge is -2.37. The topological polar surface area (TPSA) is 53.6 Å². The largest absolute Gasteiger partial charge is 0.495 e. The Morgan fingerprint density at radius 2 is 1.95 bits per heavy atom. The zero-order chi connectivity index (χ0) is 29.3. The van der Waals surface area contributed by atoms with E-state index in [1.165, 1.54) is 7.11 Å². The Hall–Kier alpha value is -2.80. The number of likely N-dealkylation sites (tertiary alicyclic amines) is 1. The van der Waals surface area contributed by atoms with Crippen LogP contribution in [0.2, 0.25) is 0 Å². The Labute approximate surface area is 234 Å². The van der Waals surface area contributed by atoms with E-state index in [1.807, 2.05) is 0 Å². The molecule has 3 aromatic rings. The Kier molecular flexibility index (Phi) is 8.74. The predicted octanol–water partition coefficient (Wildman–Crippen LogP) is 6.48. The van der Waals surface area contributed by atoms with Crippen LogP contribution in [-0.2, 0) is 11.0 Å². The van der Waals surface area contributed by atoms with Crippen molar-refractivity contribution in [2.45, 2.75) is 31.0 Å². The van der Waals surface area contributed by atoms with Crippen LogP contribution < -0.4 is 20.7 Å². The SMILES string of the molecule is COc1cc(P(C)(C)=O)ccc1NCC#Cc1sc2c(N[C@@H]3CCN(C)CC3(F)F)cccc2c1CC(F)(F)F. The van der Waals surface area contributed by atoms with Crippen LogP contribution in [0.25, 0.3) is 10.1 Å². The highest BCUT2D eigenvalue weighted by Crippen LogP contribution is 2.41. The number of fused-ring (bicyclic) bond motifs is 1. The van der Waals surface area contributed by atoms with E-state index in [1.54, 1.807) is 61.7 Å². The summed E-state index contributed by atoms with van der Waals surface area (Å²) in [5, 5.41) is 7.01. The lowest BCUT2D eigenvalue weighted by Crippen LogP contribution is -2.53. The molecule has 2 aromatic carbocycles. The number of ether oxygens (including phenoxy) is 1. The molecule has 0 aliphatic carbocycles. The van der Waals surface area contributed by atoms with Gasteiger partial charge in [-0.3, -0.25) is 0 Å². The number of hydrogen-bond donors (Lipinski definition) is 2. The molecule has 0 amide bonds. The number of benzene rings is 2. The van der Waals surface area contributed by atoms with Gasteiger partial charge in [0.2, 0.25) is 0 Å². The van der Waals surface area contributed by atoms with Crippen molar-refractivity contribution in [3.05, 3.63) is 46.8 Å². The number of methoxy groups -OCH3 is 1. The first-order chi connectivity index (χ1) is 18.7. The van der Waals surface area contributed by atoms with Crippen molar-refractivity contribution in [3.8, 4) is 17.6 Å². The van der Waals surface area contributed by atoms with Crippen LogP contribution in [0.4, 0.5) is 33.3 Å². The van der Waals surface area contributed by atoms with Crippen LogP contribution in [-0.4, -0.2) is 70.2 Å². The molecule has 12 heteroatoms. The quantitative estimate of drug-likeness (QED) is 0.185. The first-order valence-corrected chi connectivity index (χ1v) is 16.0. The van der Waals surface area contributed by atoms with Crippen molar-refractivity contribution in [1.29, 1.82) is 0 Å². The van der Waals surface area contributed by atoms with E-state index < -0.39 is 38.2 Å². The minimum absolute atomic E-state index is 0.0300. The van der Waals surface area contributed by atoms with Gasteiger partial charge in [0.15, 0.2) is 0 Å². The molecule has 0 radical (unpaired) electrons. The first-order valence-electron chi connectivity index (χ1n) is 12.6. The second-order valence-electron chi connectivity index (χ2n) is 10.3. The van der Waals surface area contributed by atoms with Crippen LogP contribution in [0.1, 0.15) is 16.9 Å². The minimum Gasteiger partial charge on any atom is -0.495 e. The van der Waals surface area contributed by atoms with Crippen LogP contribution in [0.5, 0.6) is 5.75 Å². The van der Waals surface area contributed by atoms with E-state index in [0.29, 0.717) is 39.1 Å². The number of nitrogens with zero attached hydrogens (tertiary/aromatic N) is 1. The van der Waals surface area contributed by atoms with E-state index >= 15 is 0 Å². The molecule has 1 aromatic heterocycles. The van der Waals surface area contributed by atoms with Gasteiger partial charge in [-0.15, -0.1) is 11.3 Å². The predicted molar refractivity (Wildman–Crippen MR) is 154 cm³/mol. The molecule has 2 heterocycles. The molecular weight excluding hydrogens is 568 g/mol. The van der Waals surface area contributed by atoms with Gasteiger partial charge in [0.1, 0.15) is 12.9 Å². The molecule has 1 saturated heterocycles. The molecule has 1 aliphatic rings. The Bertz CT molecular complexity index is 1490. The average molecular weight is 600 g/mol. The zero-order valence-electron chi connectivity index (χ0n) is 22.6. The molecule has 2 N–H and O–H groups in total. The molecule has 1 atom stereocenters. The molecular formula is C28H31F5N3O2PS. The Morgan fingerprint density at radius 3 is 2.60 bits per heavy atom. The molecule has 4 rings (SSSR count). The summed E-state index contributed by atoms with van der Waals surface area (Å²) in [6.45, 7) is 3.52. The zero-order valence-corrected chi connectivity index (χ0v) is 24.3. The molecule has 40 heavy (non-hydrogen) atoms. The van der Waals surface area contributed by atoms with Gasteiger partial charge < -0.3 is 24.8 Å². The van der Waals surface area contributed by atoms with Crippen LogP contribution in [0.15, 0.2) is 36.4 Å². The van der Waals surface area contributed by atoms with Gasteiger partial charge in [0.05, 0.1) is 53.6 Å². The number of rotatable bonds is 7. The van der Waals surface area contributed by atoms with Crippen LogP contribution >= 0.6 is 18.5 Å². The summed E-state index contributed by atoms with van der Waals surface area (Å²) in [5.41, 5.74) is 1.01.